The maximum Gasteiger partial charge on any atom is 0.335 e. The van der Waals surface area contributed by atoms with Crippen molar-refractivity contribution in [1.29, 1.82) is 0 Å². The number of carbonyl (C=O) groups excluding carboxylic acids is 3. The van der Waals surface area contributed by atoms with Crippen LogP contribution in [0.1, 0.15) is 25.3 Å². The van der Waals surface area contributed by atoms with Crippen LogP contribution in [0.5, 0.6) is 17.2 Å². The zero-order valence-electron chi connectivity index (χ0n) is 17.9. The lowest BCUT2D eigenvalue weighted by atomic mass is 10.1. The fourth-order valence-electron chi connectivity index (χ4n) is 3.11. The highest BCUT2D eigenvalue weighted by atomic mass is 79.9. The highest BCUT2D eigenvalue weighted by Gasteiger charge is 2.36. The predicted molar refractivity (Wildman–Crippen MR) is 123 cm³/mol. The maximum atomic E-state index is 13.1. The molecule has 32 heavy (non-hydrogen) atoms. The first-order valence-corrected chi connectivity index (χ1v) is 10.7. The second-order valence-electron chi connectivity index (χ2n) is 6.89. The van der Waals surface area contributed by atoms with Gasteiger partial charge in [-0.2, -0.15) is 0 Å². The third kappa shape index (κ3) is 4.94. The van der Waals surface area contributed by atoms with Gasteiger partial charge < -0.3 is 14.2 Å². The molecule has 0 saturated carbocycles. The van der Waals surface area contributed by atoms with Gasteiger partial charge >= 0.3 is 6.03 Å². The molecule has 1 fully saturated rings. The molecule has 0 aromatic heterocycles. The first-order valence-electron chi connectivity index (χ1n) is 9.95. The molecule has 1 aliphatic rings. The van der Waals surface area contributed by atoms with Gasteiger partial charge in [-0.1, -0.05) is 13.3 Å². The van der Waals surface area contributed by atoms with Gasteiger partial charge in [0.1, 0.15) is 11.3 Å². The predicted octanol–water partition coefficient (Wildman–Crippen LogP) is 4.31. The van der Waals surface area contributed by atoms with E-state index in [9.17, 15) is 14.4 Å². The van der Waals surface area contributed by atoms with Crippen LogP contribution >= 0.6 is 15.9 Å². The minimum absolute atomic E-state index is 0.188. The van der Waals surface area contributed by atoms with Crippen molar-refractivity contribution in [1.82, 2.24) is 5.32 Å². The number of anilines is 1. The zero-order valence-corrected chi connectivity index (χ0v) is 19.5. The van der Waals surface area contributed by atoms with Crippen LogP contribution in [0.25, 0.3) is 6.08 Å². The molecule has 0 unspecified atom stereocenters. The molecule has 2 aromatic rings. The Balaban J connectivity index is 1.91. The number of amides is 4. The van der Waals surface area contributed by atoms with Crippen molar-refractivity contribution in [2.75, 3.05) is 25.7 Å². The van der Waals surface area contributed by atoms with Crippen LogP contribution < -0.4 is 24.4 Å². The van der Waals surface area contributed by atoms with Crippen LogP contribution in [0.2, 0.25) is 0 Å². The molecule has 0 radical (unpaired) electrons. The van der Waals surface area contributed by atoms with Crippen LogP contribution in [0.15, 0.2) is 46.4 Å². The number of carbonyl (C=O) groups is 3. The van der Waals surface area contributed by atoms with E-state index < -0.39 is 17.8 Å². The van der Waals surface area contributed by atoms with Crippen molar-refractivity contribution in [2.45, 2.75) is 19.8 Å². The van der Waals surface area contributed by atoms with E-state index in [4.69, 9.17) is 14.2 Å². The Kier molecular flexibility index (Phi) is 7.53. The Labute approximate surface area is 194 Å². The van der Waals surface area contributed by atoms with Crippen LogP contribution in [-0.2, 0) is 9.59 Å². The maximum absolute atomic E-state index is 13.1. The van der Waals surface area contributed by atoms with E-state index in [2.05, 4.69) is 28.2 Å². The van der Waals surface area contributed by atoms with Crippen LogP contribution in [0.4, 0.5) is 10.5 Å². The molecule has 8 nitrogen and oxygen atoms in total. The minimum atomic E-state index is -0.815. The lowest BCUT2D eigenvalue weighted by Crippen LogP contribution is -2.54. The number of nitrogens with zero attached hydrogens (tertiary/aromatic N) is 1. The standard InChI is InChI=1S/C23H23BrN2O6/c1-4-5-10-32-16-8-6-15(7-9-16)26-22(28)17(21(27)25-23(26)29)11-14-12-18(24)20(31-3)19(13-14)30-2/h6-9,11-13H,4-5,10H2,1-3H3,(H,25,27,29)/b17-11-. The van der Waals surface area contributed by atoms with Gasteiger partial charge in [0.2, 0.25) is 0 Å². The quantitative estimate of drug-likeness (QED) is 0.328. The van der Waals surface area contributed by atoms with E-state index in [0.29, 0.717) is 39.6 Å². The van der Waals surface area contributed by atoms with Crippen LogP contribution in [-0.4, -0.2) is 38.7 Å². The Bertz CT molecular complexity index is 1060. The van der Waals surface area contributed by atoms with Gasteiger partial charge in [-0.25, -0.2) is 9.69 Å². The number of rotatable bonds is 8. The summed E-state index contributed by atoms with van der Waals surface area (Å²) < 4.78 is 16.8. The molecule has 1 aliphatic heterocycles. The normalized spacial score (nSPS) is 15.1. The molecule has 0 bridgehead atoms. The molecule has 0 spiro atoms. The largest absolute Gasteiger partial charge is 0.494 e. The summed E-state index contributed by atoms with van der Waals surface area (Å²) in [5.41, 5.74) is 0.649. The van der Waals surface area contributed by atoms with Gasteiger partial charge in [0.15, 0.2) is 11.5 Å². The topological polar surface area (TPSA) is 94.2 Å². The van der Waals surface area contributed by atoms with Crippen LogP contribution in [0, 0.1) is 0 Å². The molecular formula is C23H23BrN2O6. The summed E-state index contributed by atoms with van der Waals surface area (Å²) in [4.78, 5) is 38.8. The first-order chi connectivity index (χ1) is 15.4. The van der Waals surface area contributed by atoms with Gasteiger partial charge in [0, 0.05) is 0 Å². The molecule has 9 heteroatoms. The summed E-state index contributed by atoms with van der Waals surface area (Å²) >= 11 is 3.39. The van der Waals surface area contributed by atoms with Crippen molar-refractivity contribution in [3.63, 3.8) is 0 Å². The number of barbiturate groups is 1. The molecular weight excluding hydrogens is 480 g/mol. The molecule has 1 N–H and O–H groups in total. The zero-order chi connectivity index (χ0) is 23.3. The lowest BCUT2D eigenvalue weighted by molar-refractivity contribution is -0.122. The van der Waals surface area contributed by atoms with E-state index in [1.165, 1.54) is 20.3 Å². The van der Waals surface area contributed by atoms with Gasteiger partial charge in [0.05, 0.1) is 31.0 Å². The molecule has 1 saturated heterocycles. The van der Waals surface area contributed by atoms with Crippen LogP contribution in [0.3, 0.4) is 0 Å². The summed E-state index contributed by atoms with van der Waals surface area (Å²) in [7, 11) is 2.98. The molecule has 3 rings (SSSR count). The van der Waals surface area contributed by atoms with Gasteiger partial charge in [-0.05, 0) is 70.4 Å². The van der Waals surface area contributed by atoms with Gasteiger partial charge in [-0.3, -0.25) is 14.9 Å². The van der Waals surface area contributed by atoms with E-state index >= 15 is 0 Å². The average Bonchev–Trinajstić information content (AvgIpc) is 2.77. The third-order valence-corrected chi connectivity index (χ3v) is 5.32. The molecule has 2 aromatic carbocycles. The molecule has 1 heterocycles. The second-order valence-corrected chi connectivity index (χ2v) is 7.75. The number of hydrogen-bond donors (Lipinski definition) is 1. The SMILES string of the molecule is CCCCOc1ccc(N2C(=O)NC(=O)/C(=C/c3cc(Br)c(OC)c(OC)c3)C2=O)cc1. The Morgan fingerprint density at radius 3 is 2.41 bits per heavy atom. The molecule has 0 atom stereocenters. The van der Waals surface area contributed by atoms with Crippen molar-refractivity contribution < 1.29 is 28.6 Å². The summed E-state index contributed by atoms with van der Waals surface area (Å²) in [6, 6.07) is 9.04. The van der Waals surface area contributed by atoms with Crippen molar-refractivity contribution in [3.8, 4) is 17.2 Å². The molecule has 0 aliphatic carbocycles. The number of ether oxygens (including phenoxy) is 3. The number of imide groups is 2. The summed E-state index contributed by atoms with van der Waals surface area (Å²) in [6.07, 6.45) is 3.34. The third-order valence-electron chi connectivity index (χ3n) is 4.73. The van der Waals surface area contributed by atoms with E-state index in [1.54, 1.807) is 36.4 Å². The molecule has 168 valence electrons. The number of halogens is 1. The fraction of sp³-hybridized carbons (Fsp3) is 0.261. The van der Waals surface area contributed by atoms with Gasteiger partial charge in [-0.15, -0.1) is 0 Å². The van der Waals surface area contributed by atoms with E-state index in [0.717, 1.165) is 17.7 Å². The summed E-state index contributed by atoms with van der Waals surface area (Å²) in [5.74, 6) is 0.0242. The minimum Gasteiger partial charge on any atom is -0.494 e. The Hall–Kier alpha value is -3.33. The van der Waals surface area contributed by atoms with Crippen molar-refractivity contribution in [3.05, 3.63) is 52.0 Å². The highest BCUT2D eigenvalue weighted by molar-refractivity contribution is 9.10. The monoisotopic (exact) mass is 502 g/mol. The number of unbranched alkanes of at least 4 members (excludes halogenated alkanes) is 1. The van der Waals surface area contributed by atoms with Crippen molar-refractivity contribution in [2.24, 2.45) is 0 Å². The number of nitrogens with one attached hydrogen (secondary N) is 1. The number of hydrogen-bond acceptors (Lipinski definition) is 6. The number of urea groups is 1. The van der Waals surface area contributed by atoms with E-state index in [-0.39, 0.29) is 5.57 Å². The second kappa shape index (κ2) is 10.3. The lowest BCUT2D eigenvalue weighted by Gasteiger charge is -2.26. The Morgan fingerprint density at radius 2 is 1.78 bits per heavy atom. The summed E-state index contributed by atoms with van der Waals surface area (Å²) in [6.45, 7) is 2.65. The average molecular weight is 503 g/mol. The number of methoxy groups -OCH3 is 2. The smallest absolute Gasteiger partial charge is 0.335 e. The fourth-order valence-corrected chi connectivity index (χ4v) is 3.73. The number of benzene rings is 2. The van der Waals surface area contributed by atoms with E-state index in [1.807, 2.05) is 0 Å². The van der Waals surface area contributed by atoms with Gasteiger partial charge in [0.25, 0.3) is 11.8 Å². The summed E-state index contributed by atoms with van der Waals surface area (Å²) in [5, 5.41) is 2.21. The van der Waals surface area contributed by atoms with Crippen molar-refractivity contribution >= 4 is 45.5 Å². The molecule has 4 amide bonds. The highest BCUT2D eigenvalue weighted by Crippen LogP contribution is 2.37. The first kappa shape index (κ1) is 23.3. The Morgan fingerprint density at radius 1 is 1.06 bits per heavy atom.